The van der Waals surface area contributed by atoms with E-state index < -0.39 is 5.97 Å². The Bertz CT molecular complexity index is 307. The molecule has 0 unspecified atom stereocenters. The quantitative estimate of drug-likeness (QED) is 0.399. The molecule has 0 bridgehead atoms. The van der Waals surface area contributed by atoms with Crippen LogP contribution in [-0.4, -0.2) is 41.0 Å². The van der Waals surface area contributed by atoms with E-state index in [0.717, 1.165) is 12.8 Å². The second-order valence-electron chi connectivity index (χ2n) is 3.35. The highest BCUT2D eigenvalue weighted by Crippen LogP contribution is 2.27. The van der Waals surface area contributed by atoms with Gasteiger partial charge in [-0.25, -0.2) is 0 Å². The number of carbonyl (C=O) groups is 2. The molecule has 0 aromatic carbocycles. The molecule has 0 aromatic rings. The van der Waals surface area contributed by atoms with Gasteiger partial charge in [-0.15, -0.1) is 0 Å². The molecule has 0 spiro atoms. The third-order valence-corrected chi connectivity index (χ3v) is 2.10. The molecular formula is C8H12N4O3. The molecule has 1 amide bonds. The zero-order valence-electron chi connectivity index (χ0n) is 8.17. The lowest BCUT2D eigenvalue weighted by atomic mass is 10.3. The SMILES string of the molecule is [N-]=[N+]=NCCC(=O)N(CC(=O)O)C1CC1. The first-order valence-corrected chi connectivity index (χ1v) is 4.67. The van der Waals surface area contributed by atoms with Gasteiger partial charge in [0.15, 0.2) is 0 Å². The van der Waals surface area contributed by atoms with Crippen molar-refractivity contribution in [1.29, 1.82) is 0 Å². The predicted molar refractivity (Wildman–Crippen MR) is 51.0 cm³/mol. The van der Waals surface area contributed by atoms with Gasteiger partial charge in [0.2, 0.25) is 5.91 Å². The fourth-order valence-electron chi connectivity index (χ4n) is 1.29. The topological polar surface area (TPSA) is 106 Å². The molecule has 0 atom stereocenters. The maximum atomic E-state index is 11.5. The van der Waals surface area contributed by atoms with Crippen molar-refractivity contribution in [2.24, 2.45) is 5.11 Å². The molecule has 0 aliphatic heterocycles. The molecular weight excluding hydrogens is 200 g/mol. The van der Waals surface area contributed by atoms with Crippen molar-refractivity contribution < 1.29 is 14.7 Å². The van der Waals surface area contributed by atoms with Gasteiger partial charge in [0.05, 0.1) is 0 Å². The number of amides is 1. The monoisotopic (exact) mass is 212 g/mol. The van der Waals surface area contributed by atoms with Crippen LogP contribution >= 0.6 is 0 Å². The number of azide groups is 1. The molecule has 0 aromatic heterocycles. The van der Waals surface area contributed by atoms with Crippen LogP contribution in [0.5, 0.6) is 0 Å². The summed E-state index contributed by atoms with van der Waals surface area (Å²) in [5.41, 5.74) is 8.02. The molecule has 1 saturated carbocycles. The van der Waals surface area contributed by atoms with E-state index in [-0.39, 0.29) is 31.5 Å². The molecule has 15 heavy (non-hydrogen) atoms. The van der Waals surface area contributed by atoms with Crippen molar-refractivity contribution in [2.75, 3.05) is 13.1 Å². The molecule has 1 aliphatic rings. The van der Waals surface area contributed by atoms with Crippen LogP contribution < -0.4 is 0 Å². The lowest BCUT2D eigenvalue weighted by Crippen LogP contribution is -2.37. The van der Waals surface area contributed by atoms with E-state index in [1.807, 2.05) is 0 Å². The number of rotatable bonds is 6. The van der Waals surface area contributed by atoms with Crippen molar-refractivity contribution in [3.05, 3.63) is 10.4 Å². The van der Waals surface area contributed by atoms with Crippen molar-refractivity contribution in [3.8, 4) is 0 Å². The molecule has 0 heterocycles. The first-order chi connectivity index (χ1) is 7.15. The lowest BCUT2D eigenvalue weighted by molar-refractivity contribution is -0.144. The number of hydrogen-bond acceptors (Lipinski definition) is 3. The minimum absolute atomic E-state index is 0.0691. The third kappa shape index (κ3) is 3.86. The molecule has 1 rings (SSSR count). The molecule has 1 N–H and O–H groups in total. The highest BCUT2D eigenvalue weighted by atomic mass is 16.4. The van der Waals surface area contributed by atoms with E-state index in [9.17, 15) is 9.59 Å². The minimum atomic E-state index is -1.01. The summed E-state index contributed by atoms with van der Waals surface area (Å²) >= 11 is 0. The number of carboxylic acids is 1. The highest BCUT2D eigenvalue weighted by Gasteiger charge is 2.33. The van der Waals surface area contributed by atoms with Crippen LogP contribution in [0.3, 0.4) is 0 Å². The lowest BCUT2D eigenvalue weighted by Gasteiger charge is -2.19. The van der Waals surface area contributed by atoms with Crippen LogP contribution in [0.15, 0.2) is 5.11 Å². The summed E-state index contributed by atoms with van der Waals surface area (Å²) in [7, 11) is 0. The smallest absolute Gasteiger partial charge is 0.323 e. The van der Waals surface area contributed by atoms with Crippen LogP contribution in [0.1, 0.15) is 19.3 Å². The predicted octanol–water partition coefficient (Wildman–Crippen LogP) is 0.762. The van der Waals surface area contributed by atoms with Gasteiger partial charge in [0.25, 0.3) is 0 Å². The van der Waals surface area contributed by atoms with Crippen LogP contribution in [0.25, 0.3) is 10.4 Å². The Morgan fingerprint density at radius 1 is 1.53 bits per heavy atom. The van der Waals surface area contributed by atoms with Gasteiger partial charge in [-0.3, -0.25) is 9.59 Å². The number of carbonyl (C=O) groups excluding carboxylic acids is 1. The molecule has 82 valence electrons. The fourth-order valence-corrected chi connectivity index (χ4v) is 1.29. The van der Waals surface area contributed by atoms with Crippen molar-refractivity contribution in [2.45, 2.75) is 25.3 Å². The van der Waals surface area contributed by atoms with E-state index in [2.05, 4.69) is 10.0 Å². The Labute approximate surface area is 86.3 Å². The summed E-state index contributed by atoms with van der Waals surface area (Å²) in [6, 6.07) is 0.0691. The van der Waals surface area contributed by atoms with E-state index in [1.165, 1.54) is 4.90 Å². The average molecular weight is 212 g/mol. The zero-order chi connectivity index (χ0) is 11.3. The Kier molecular flexibility index (Phi) is 3.93. The molecule has 7 nitrogen and oxygen atoms in total. The van der Waals surface area contributed by atoms with Crippen molar-refractivity contribution in [1.82, 2.24) is 4.90 Å². The van der Waals surface area contributed by atoms with Gasteiger partial charge in [0, 0.05) is 23.9 Å². The van der Waals surface area contributed by atoms with Crippen LogP contribution in [-0.2, 0) is 9.59 Å². The van der Waals surface area contributed by atoms with Gasteiger partial charge in [-0.2, -0.15) is 0 Å². The molecule has 0 saturated heterocycles. The standard InChI is InChI=1S/C8H12N4O3/c9-11-10-4-3-7(13)12(5-8(14)15)6-1-2-6/h6H,1-5H2,(H,14,15). The molecule has 1 aliphatic carbocycles. The Morgan fingerprint density at radius 3 is 2.67 bits per heavy atom. The number of carboxylic acid groups (broad SMARTS) is 1. The second-order valence-corrected chi connectivity index (χ2v) is 3.35. The number of nitrogens with zero attached hydrogens (tertiary/aromatic N) is 4. The van der Waals surface area contributed by atoms with Crippen LogP contribution in [0, 0.1) is 0 Å². The summed E-state index contributed by atoms with van der Waals surface area (Å²) in [6.07, 6.45) is 1.80. The first-order valence-electron chi connectivity index (χ1n) is 4.67. The summed E-state index contributed by atoms with van der Waals surface area (Å²) in [5.74, 6) is -1.27. The summed E-state index contributed by atoms with van der Waals surface area (Å²) in [4.78, 5) is 25.9. The Balaban J connectivity index is 2.43. The molecule has 0 radical (unpaired) electrons. The van der Waals surface area contributed by atoms with Gasteiger partial charge >= 0.3 is 5.97 Å². The molecule has 1 fully saturated rings. The van der Waals surface area contributed by atoms with Gasteiger partial charge in [-0.05, 0) is 18.4 Å². The van der Waals surface area contributed by atoms with Gasteiger partial charge in [-0.1, -0.05) is 5.11 Å². The van der Waals surface area contributed by atoms with Gasteiger partial charge in [0.1, 0.15) is 6.54 Å². The van der Waals surface area contributed by atoms with E-state index >= 15 is 0 Å². The number of hydrogen-bond donors (Lipinski definition) is 1. The van der Waals surface area contributed by atoms with E-state index in [0.29, 0.717) is 0 Å². The summed E-state index contributed by atoms with van der Waals surface area (Å²) < 4.78 is 0. The minimum Gasteiger partial charge on any atom is -0.480 e. The van der Waals surface area contributed by atoms with Gasteiger partial charge < -0.3 is 10.0 Å². The highest BCUT2D eigenvalue weighted by molar-refractivity contribution is 5.82. The summed E-state index contributed by atoms with van der Waals surface area (Å²) in [6.45, 7) is -0.183. The third-order valence-electron chi connectivity index (χ3n) is 2.10. The van der Waals surface area contributed by atoms with E-state index in [1.54, 1.807) is 0 Å². The largest absolute Gasteiger partial charge is 0.480 e. The average Bonchev–Trinajstić information content (AvgIpc) is 2.97. The second kappa shape index (κ2) is 5.21. The summed E-state index contributed by atoms with van der Waals surface area (Å²) in [5, 5.41) is 11.8. The maximum absolute atomic E-state index is 11.5. The van der Waals surface area contributed by atoms with E-state index in [4.69, 9.17) is 10.6 Å². The van der Waals surface area contributed by atoms with Crippen molar-refractivity contribution in [3.63, 3.8) is 0 Å². The first kappa shape index (κ1) is 11.3. The maximum Gasteiger partial charge on any atom is 0.323 e. The fraction of sp³-hybridized carbons (Fsp3) is 0.750. The Hall–Kier alpha value is -1.75. The Morgan fingerprint density at radius 2 is 2.20 bits per heavy atom. The molecule has 7 heteroatoms. The number of aliphatic carboxylic acids is 1. The zero-order valence-corrected chi connectivity index (χ0v) is 8.17. The van der Waals surface area contributed by atoms with Crippen molar-refractivity contribution >= 4 is 11.9 Å². The van der Waals surface area contributed by atoms with Crippen LogP contribution in [0.2, 0.25) is 0 Å². The van der Waals surface area contributed by atoms with Crippen LogP contribution in [0.4, 0.5) is 0 Å². The normalized spacial score (nSPS) is 14.1.